The number of nitrogens with zero attached hydrogens (tertiary/aromatic N) is 4. The van der Waals surface area contributed by atoms with E-state index in [2.05, 4.69) is 193 Å². The van der Waals surface area contributed by atoms with E-state index in [9.17, 15) is 0 Å². The van der Waals surface area contributed by atoms with Crippen LogP contribution in [-0.4, -0.2) is 9.55 Å². The molecule has 2 aliphatic heterocycles. The Morgan fingerprint density at radius 2 is 1.39 bits per heavy atom. The molecule has 1 aliphatic carbocycles. The average molecular weight is 877 g/mol. The smallest absolute Gasteiger partial charge is 0.295 e. The highest BCUT2D eigenvalue weighted by Gasteiger charge is 2.44. The van der Waals surface area contributed by atoms with Gasteiger partial charge in [0, 0.05) is 45.5 Å². The van der Waals surface area contributed by atoms with Gasteiger partial charge in [0.25, 0.3) is 5.82 Å². The number of aromatic nitrogens is 4. The number of aryl methyl sites for hydroxylation is 1. The van der Waals surface area contributed by atoms with Crippen molar-refractivity contribution in [3.63, 3.8) is 0 Å². The van der Waals surface area contributed by atoms with Gasteiger partial charge in [0.1, 0.15) is 17.7 Å². The Morgan fingerprint density at radius 3 is 2.16 bits per heavy atom. The molecule has 0 radical (unpaired) electrons. The number of hydrogen-bond donors (Lipinski definition) is 0. The van der Waals surface area contributed by atoms with E-state index in [4.69, 9.17) is 16.0 Å². The molecule has 6 aromatic carbocycles. The minimum absolute atomic E-state index is 0.0407. The molecule has 3 aromatic heterocycles. The van der Waals surface area contributed by atoms with Crippen molar-refractivity contribution in [1.82, 2.24) is 9.55 Å². The van der Waals surface area contributed by atoms with Gasteiger partial charge in [-0.1, -0.05) is 145 Å². The molecule has 9 aromatic rings. The van der Waals surface area contributed by atoms with E-state index in [0.29, 0.717) is 30.2 Å². The fourth-order valence-electron chi connectivity index (χ4n) is 12.3. The lowest BCUT2D eigenvalue weighted by molar-refractivity contribution is -0.718. The second-order valence-electron chi connectivity index (χ2n) is 20.1. The van der Waals surface area contributed by atoms with Gasteiger partial charge < -0.3 is 4.42 Å². The van der Waals surface area contributed by atoms with Crippen molar-refractivity contribution in [2.75, 3.05) is 0 Å². The van der Waals surface area contributed by atoms with Crippen molar-refractivity contribution in [1.29, 1.82) is 0 Å². The molecule has 2 unspecified atom stereocenters. The van der Waals surface area contributed by atoms with Crippen LogP contribution in [0.4, 0.5) is 0 Å². The van der Waals surface area contributed by atoms with Crippen molar-refractivity contribution in [2.24, 2.45) is 0 Å². The van der Waals surface area contributed by atoms with Gasteiger partial charge in [0.2, 0.25) is 11.6 Å². The Morgan fingerprint density at radius 1 is 0.672 bits per heavy atom. The third kappa shape index (κ3) is 6.91. The van der Waals surface area contributed by atoms with Crippen molar-refractivity contribution >= 4 is 22.1 Å². The maximum atomic E-state index is 7.13. The molecule has 5 nitrogen and oxygen atoms in total. The fraction of sp³-hybridized carbons (Fsp3) is 0.274. The average Bonchev–Trinajstić information content (AvgIpc) is 3.96. The Bertz CT molecular complexity index is 3320. The highest BCUT2D eigenvalue weighted by Crippen LogP contribution is 2.48. The van der Waals surface area contributed by atoms with Crippen LogP contribution in [-0.2, 0) is 13.0 Å². The first-order valence-corrected chi connectivity index (χ1v) is 24.9. The number of rotatable bonds is 6. The Labute approximate surface area is 395 Å². The summed E-state index contributed by atoms with van der Waals surface area (Å²) in [6.45, 7) is 15.1. The second kappa shape index (κ2) is 16.8. The first-order valence-electron chi connectivity index (χ1n) is 24.9. The van der Waals surface area contributed by atoms with E-state index in [1.54, 1.807) is 0 Å². The Hall–Kier alpha value is -6.85. The van der Waals surface area contributed by atoms with Gasteiger partial charge in [-0.3, -0.25) is 0 Å². The summed E-state index contributed by atoms with van der Waals surface area (Å²) < 4.78 is 14.9. The largest absolute Gasteiger partial charge is 0.435 e. The molecule has 5 heteroatoms. The number of imidazole rings is 1. The van der Waals surface area contributed by atoms with Crippen LogP contribution in [0, 0.1) is 0 Å². The lowest BCUT2D eigenvalue weighted by Gasteiger charge is -2.32. The third-order valence-corrected chi connectivity index (χ3v) is 15.5. The van der Waals surface area contributed by atoms with Crippen LogP contribution >= 0.6 is 0 Å². The van der Waals surface area contributed by atoms with E-state index in [0.717, 1.165) is 46.5 Å². The molecule has 0 bridgehead atoms. The van der Waals surface area contributed by atoms with E-state index in [1.165, 1.54) is 99.0 Å². The minimum atomic E-state index is 0.0407. The summed E-state index contributed by atoms with van der Waals surface area (Å²) in [5, 5.41) is 0. The SMILES string of the molecule is C=C1C[n+]2c(n(-c3c(C(C)C)cccc3C(C)C)c3ccccc32)-c2cc(-c3ccc(C4CCCCC4)cc3)c3oc(-c4ccccc4)nc3c2CCC2c3ccccc3-c3cccc[n+]3C12. The Balaban J connectivity index is 1.20. The molecule has 2 atom stereocenters. The van der Waals surface area contributed by atoms with Gasteiger partial charge in [0.15, 0.2) is 28.9 Å². The van der Waals surface area contributed by atoms with Gasteiger partial charge in [-0.05, 0) is 108 Å². The summed E-state index contributed by atoms with van der Waals surface area (Å²) in [6, 6.07) is 54.2. The number of benzene rings is 6. The molecule has 0 spiro atoms. The molecule has 0 amide bonds. The second-order valence-corrected chi connectivity index (χ2v) is 20.1. The van der Waals surface area contributed by atoms with Crippen LogP contribution in [0.1, 0.15) is 124 Å². The van der Waals surface area contributed by atoms with Crippen molar-refractivity contribution in [3.8, 4) is 50.9 Å². The molecule has 3 aliphatic rings. The lowest BCUT2D eigenvalue weighted by Crippen LogP contribution is -2.51. The zero-order valence-corrected chi connectivity index (χ0v) is 39.4. The zero-order valence-electron chi connectivity index (χ0n) is 39.4. The summed E-state index contributed by atoms with van der Waals surface area (Å²) in [5.74, 6) is 3.21. The summed E-state index contributed by atoms with van der Waals surface area (Å²) in [5.41, 5.74) is 20.3. The van der Waals surface area contributed by atoms with Crippen LogP contribution in [0.3, 0.4) is 0 Å². The standard InChI is InChI=1S/C62H60N4O/c1-39(2)46-25-18-26-47(40(3)4)59(46)66-56-29-15-14-28-55(56)65-38-41(5)58-51(48-23-12-13-24-49(48)54-27-16-17-36-64(54)58)35-34-50-53(62(65)66)37-52(44-32-30-43(31-33-44)42-19-8-6-9-20-42)60-57(50)63-61(67-60)45-21-10-7-11-22-45/h7,10-18,21-33,36-37,39-40,42,51,58H,5-6,8-9,19-20,34-35,38H2,1-4H3/q+2. The summed E-state index contributed by atoms with van der Waals surface area (Å²) in [6.07, 6.45) is 10.5. The summed E-state index contributed by atoms with van der Waals surface area (Å²) in [4.78, 5) is 5.61. The quantitative estimate of drug-likeness (QED) is 0.123. The number of fused-ring (bicyclic) bond motifs is 13. The van der Waals surface area contributed by atoms with E-state index < -0.39 is 0 Å². The maximum absolute atomic E-state index is 7.13. The van der Waals surface area contributed by atoms with Crippen molar-refractivity contribution < 1.29 is 13.6 Å². The zero-order chi connectivity index (χ0) is 45.3. The van der Waals surface area contributed by atoms with Crippen LogP contribution < -0.4 is 9.13 Å². The number of hydrogen-bond acceptors (Lipinski definition) is 2. The third-order valence-electron chi connectivity index (χ3n) is 15.5. The molecule has 0 saturated heterocycles. The van der Waals surface area contributed by atoms with E-state index in [1.807, 2.05) is 0 Å². The molecule has 0 N–H and O–H groups in total. The number of pyridine rings is 1. The molecule has 1 saturated carbocycles. The summed E-state index contributed by atoms with van der Waals surface area (Å²) >= 11 is 0. The maximum Gasteiger partial charge on any atom is 0.295 e. The molecule has 1 fully saturated rings. The normalized spacial score (nSPS) is 17.3. The fourth-order valence-corrected chi connectivity index (χ4v) is 12.3. The topological polar surface area (TPSA) is 38.7 Å². The van der Waals surface area contributed by atoms with Gasteiger partial charge in [-0.2, -0.15) is 9.13 Å². The molecule has 67 heavy (non-hydrogen) atoms. The highest BCUT2D eigenvalue weighted by atomic mass is 16.3. The van der Waals surface area contributed by atoms with Gasteiger partial charge >= 0.3 is 0 Å². The van der Waals surface area contributed by atoms with E-state index >= 15 is 0 Å². The lowest BCUT2D eigenvalue weighted by atomic mass is 9.76. The molecular weight excluding hydrogens is 817 g/mol. The van der Waals surface area contributed by atoms with Gasteiger partial charge in [-0.15, -0.1) is 0 Å². The predicted molar refractivity (Wildman–Crippen MR) is 273 cm³/mol. The monoisotopic (exact) mass is 876 g/mol. The number of allylic oxidation sites excluding steroid dienone is 1. The van der Waals surface area contributed by atoms with Crippen LogP contribution in [0.2, 0.25) is 0 Å². The summed E-state index contributed by atoms with van der Waals surface area (Å²) in [7, 11) is 0. The number of oxazole rings is 1. The van der Waals surface area contributed by atoms with Crippen LogP contribution in [0.15, 0.2) is 168 Å². The van der Waals surface area contributed by atoms with Gasteiger partial charge in [-0.25, -0.2) is 9.55 Å². The predicted octanol–water partition coefficient (Wildman–Crippen LogP) is 15.2. The number of para-hydroxylation sites is 3. The molecule has 12 rings (SSSR count). The first-order chi connectivity index (χ1) is 32.8. The van der Waals surface area contributed by atoms with Gasteiger partial charge in [0.05, 0.1) is 11.5 Å². The minimum Gasteiger partial charge on any atom is -0.435 e. The molecule has 332 valence electrons. The molecule has 5 heterocycles. The van der Waals surface area contributed by atoms with Crippen molar-refractivity contribution in [2.45, 2.75) is 109 Å². The Kier molecular flexibility index (Phi) is 10.4. The van der Waals surface area contributed by atoms with Crippen LogP contribution in [0.5, 0.6) is 0 Å². The molecular formula is C62H60N4O+2. The van der Waals surface area contributed by atoms with Crippen LogP contribution in [0.25, 0.3) is 73.0 Å². The highest BCUT2D eigenvalue weighted by molar-refractivity contribution is 5.98. The van der Waals surface area contributed by atoms with Crippen molar-refractivity contribution in [3.05, 3.63) is 192 Å². The first kappa shape index (κ1) is 41.6. The van der Waals surface area contributed by atoms with E-state index in [-0.39, 0.29) is 12.0 Å².